The molecule has 0 bridgehead atoms. The zero-order valence-electron chi connectivity index (χ0n) is 23.2. The molecular weight excluding hydrogens is 600 g/mol. The first-order chi connectivity index (χ1) is 17.4. The highest BCUT2D eigenvalue weighted by Crippen LogP contribution is 2.30. The second-order valence-electron chi connectivity index (χ2n) is 9.08. The summed E-state index contributed by atoms with van der Waals surface area (Å²) in [6.45, 7) is 14.1. The number of hydrogen-bond acceptors (Lipinski definition) is 7. The van der Waals surface area contributed by atoms with Gasteiger partial charge < -0.3 is 15.7 Å². The maximum absolute atomic E-state index is 10.5. The molecule has 2 aromatic rings. The third-order valence-corrected chi connectivity index (χ3v) is 6.52. The predicted molar refractivity (Wildman–Crippen MR) is 160 cm³/mol. The molecule has 1 unspecified atom stereocenters. The van der Waals surface area contributed by atoms with E-state index in [2.05, 4.69) is 79.7 Å². The van der Waals surface area contributed by atoms with Crippen LogP contribution >= 0.6 is 31.9 Å². The molecule has 0 saturated carbocycles. The molecule has 11 heteroatoms. The van der Waals surface area contributed by atoms with E-state index in [0.717, 1.165) is 42.0 Å². The standard InChI is InChI=1S/C13H21BrN4O.C13H21BrN4/c1-5-18-7-10(11(17-18)8(2)3)12(19)9(6-16-4)13(14)15;1-5-18-8-11(12(17-18)9(2)3)6-10(7-16-4)13(14)15/h6-8,12,15-16,19H,5H2,1-4H3;7-9,15-16H,5-6H2,1-4H3/b9-6-,15-13?;10-7-,15-13?. The van der Waals surface area contributed by atoms with E-state index in [4.69, 9.17) is 10.8 Å². The van der Waals surface area contributed by atoms with Crippen LogP contribution in [0.25, 0.3) is 0 Å². The van der Waals surface area contributed by atoms with Gasteiger partial charge in [-0.25, -0.2) is 0 Å². The molecule has 2 heterocycles. The number of hydrogen-bond donors (Lipinski definition) is 5. The minimum Gasteiger partial charge on any atom is -0.394 e. The number of rotatable bonds is 12. The molecule has 0 saturated heterocycles. The first kappa shape index (κ1) is 32.8. The molecule has 0 aliphatic rings. The normalized spacial score (nSPS) is 12.9. The molecule has 206 valence electrons. The van der Waals surface area contributed by atoms with Crippen LogP contribution in [0.3, 0.4) is 0 Å². The lowest BCUT2D eigenvalue weighted by Gasteiger charge is -2.14. The highest BCUT2D eigenvalue weighted by atomic mass is 79.9. The van der Waals surface area contributed by atoms with E-state index >= 15 is 0 Å². The van der Waals surface area contributed by atoms with Gasteiger partial charge in [0.05, 0.1) is 11.4 Å². The highest BCUT2D eigenvalue weighted by Gasteiger charge is 2.23. The summed E-state index contributed by atoms with van der Waals surface area (Å²) in [5.41, 5.74) is 5.34. The van der Waals surface area contributed by atoms with Crippen LogP contribution < -0.4 is 10.6 Å². The fraction of sp³-hybridized carbons (Fsp3) is 0.538. The number of aryl methyl sites for hydroxylation is 2. The zero-order valence-corrected chi connectivity index (χ0v) is 26.3. The largest absolute Gasteiger partial charge is 0.394 e. The number of aromatic nitrogens is 4. The van der Waals surface area contributed by atoms with Gasteiger partial charge in [0.2, 0.25) is 0 Å². The van der Waals surface area contributed by atoms with Crippen LogP contribution in [0.15, 0.2) is 35.9 Å². The number of aliphatic hydroxyl groups excluding tert-OH is 1. The Balaban J connectivity index is 0.000000371. The van der Waals surface area contributed by atoms with Crippen molar-refractivity contribution in [3.63, 3.8) is 0 Å². The van der Waals surface area contributed by atoms with Crippen molar-refractivity contribution in [1.29, 1.82) is 10.8 Å². The molecule has 0 fully saturated rings. The van der Waals surface area contributed by atoms with Gasteiger partial charge in [-0.3, -0.25) is 20.2 Å². The molecule has 0 amide bonds. The molecule has 0 aliphatic carbocycles. The lowest BCUT2D eigenvalue weighted by atomic mass is 9.98. The number of aliphatic hydroxyl groups is 1. The Labute approximate surface area is 238 Å². The summed E-state index contributed by atoms with van der Waals surface area (Å²) >= 11 is 6.35. The van der Waals surface area contributed by atoms with Crippen molar-refractivity contribution in [1.82, 2.24) is 30.2 Å². The van der Waals surface area contributed by atoms with Crippen molar-refractivity contribution in [2.75, 3.05) is 14.1 Å². The molecule has 0 spiro atoms. The minimum atomic E-state index is -0.864. The van der Waals surface area contributed by atoms with E-state index in [0.29, 0.717) is 16.1 Å². The van der Waals surface area contributed by atoms with Crippen LogP contribution in [0.1, 0.15) is 82.0 Å². The summed E-state index contributed by atoms with van der Waals surface area (Å²) in [5.74, 6) is 0.617. The average Bonchev–Trinajstić information content (AvgIpc) is 3.46. The highest BCUT2D eigenvalue weighted by molar-refractivity contribution is 9.18. The Hall–Kier alpha value is -2.24. The minimum absolute atomic E-state index is 0.160. The van der Waals surface area contributed by atoms with Crippen molar-refractivity contribution in [2.45, 2.75) is 79.0 Å². The SMILES string of the molecule is CCn1cc(C(O)/C(=C/NC)C(=N)Br)c(C(C)C)n1.CCn1cc(C/C(=C/NC)C(=N)Br)c(C(C)C)n1. The summed E-state index contributed by atoms with van der Waals surface area (Å²) in [7, 11) is 3.58. The first-order valence-electron chi connectivity index (χ1n) is 12.4. The molecule has 0 aliphatic heterocycles. The van der Waals surface area contributed by atoms with Gasteiger partial charge in [0.1, 0.15) is 15.3 Å². The molecule has 0 radical (unpaired) electrons. The van der Waals surface area contributed by atoms with Crippen molar-refractivity contribution in [2.24, 2.45) is 0 Å². The van der Waals surface area contributed by atoms with Gasteiger partial charge in [-0.05, 0) is 63.1 Å². The number of halogens is 2. The molecule has 2 rings (SSSR count). The maximum Gasteiger partial charge on any atom is 0.111 e. The van der Waals surface area contributed by atoms with Gasteiger partial charge in [0.15, 0.2) is 0 Å². The smallest absolute Gasteiger partial charge is 0.111 e. The van der Waals surface area contributed by atoms with Gasteiger partial charge in [0.25, 0.3) is 0 Å². The molecule has 1 atom stereocenters. The Morgan fingerprint density at radius 1 is 0.919 bits per heavy atom. The Kier molecular flexibility index (Phi) is 14.1. The van der Waals surface area contributed by atoms with Crippen LogP contribution in [0, 0.1) is 10.8 Å². The Morgan fingerprint density at radius 3 is 1.86 bits per heavy atom. The Morgan fingerprint density at radius 2 is 1.43 bits per heavy atom. The van der Waals surface area contributed by atoms with Gasteiger partial charge in [-0.1, -0.05) is 27.7 Å². The first-order valence-corrected chi connectivity index (χ1v) is 14.0. The van der Waals surface area contributed by atoms with Gasteiger partial charge >= 0.3 is 0 Å². The fourth-order valence-corrected chi connectivity index (χ4v) is 4.28. The molecule has 2 aromatic heterocycles. The average molecular weight is 642 g/mol. The number of nitrogens with one attached hydrogen (secondary N) is 4. The molecule has 9 nitrogen and oxygen atoms in total. The van der Waals surface area contributed by atoms with Crippen LogP contribution in [0.2, 0.25) is 0 Å². The summed E-state index contributed by atoms with van der Waals surface area (Å²) in [6.07, 6.45) is 7.25. The second-order valence-corrected chi connectivity index (χ2v) is 10.7. The summed E-state index contributed by atoms with van der Waals surface area (Å²) in [6, 6.07) is 0. The quantitative estimate of drug-likeness (QED) is 0.193. The molecule has 37 heavy (non-hydrogen) atoms. The molecular formula is C26H42Br2N8O. The van der Waals surface area contributed by atoms with Crippen LogP contribution in [0.5, 0.6) is 0 Å². The second kappa shape index (κ2) is 15.9. The van der Waals surface area contributed by atoms with Crippen LogP contribution in [-0.4, -0.2) is 48.0 Å². The topological polar surface area (TPSA) is 128 Å². The van der Waals surface area contributed by atoms with E-state index in [1.165, 1.54) is 5.56 Å². The summed E-state index contributed by atoms with van der Waals surface area (Å²) in [4.78, 5) is 0. The van der Waals surface area contributed by atoms with Crippen molar-refractivity contribution >= 4 is 41.1 Å². The number of allylic oxidation sites excluding steroid dienone is 1. The third kappa shape index (κ3) is 9.54. The zero-order chi connectivity index (χ0) is 28.3. The van der Waals surface area contributed by atoms with Gasteiger partial charge in [0, 0.05) is 75.1 Å². The van der Waals surface area contributed by atoms with E-state index in [1.807, 2.05) is 49.6 Å². The maximum atomic E-state index is 10.5. The van der Waals surface area contributed by atoms with E-state index in [9.17, 15) is 5.11 Å². The van der Waals surface area contributed by atoms with E-state index in [1.54, 1.807) is 13.2 Å². The molecule has 5 N–H and O–H groups in total. The van der Waals surface area contributed by atoms with Crippen LogP contribution in [0.4, 0.5) is 0 Å². The van der Waals surface area contributed by atoms with Gasteiger partial charge in [-0.2, -0.15) is 10.2 Å². The number of nitrogens with zero attached hydrogens (tertiary/aromatic N) is 4. The lowest BCUT2D eigenvalue weighted by molar-refractivity contribution is 0.220. The van der Waals surface area contributed by atoms with E-state index in [-0.39, 0.29) is 10.5 Å². The van der Waals surface area contributed by atoms with Crippen molar-refractivity contribution in [3.05, 3.63) is 58.5 Å². The molecule has 0 aromatic carbocycles. The summed E-state index contributed by atoms with van der Waals surface area (Å²) in [5, 5.41) is 40.8. The monoisotopic (exact) mass is 640 g/mol. The fourth-order valence-electron chi connectivity index (χ4n) is 3.69. The Bertz CT molecular complexity index is 1100. The third-order valence-electron chi connectivity index (χ3n) is 5.56. The predicted octanol–water partition coefficient (Wildman–Crippen LogP) is 5.58. The van der Waals surface area contributed by atoms with Crippen molar-refractivity contribution < 1.29 is 5.11 Å². The lowest BCUT2D eigenvalue weighted by Crippen LogP contribution is -2.11. The van der Waals surface area contributed by atoms with E-state index < -0.39 is 6.10 Å². The summed E-state index contributed by atoms with van der Waals surface area (Å²) < 4.78 is 4.34. The van der Waals surface area contributed by atoms with Crippen molar-refractivity contribution in [3.8, 4) is 0 Å². The van der Waals surface area contributed by atoms with Gasteiger partial charge in [-0.15, -0.1) is 0 Å². The van der Waals surface area contributed by atoms with Crippen LogP contribution in [-0.2, 0) is 19.5 Å².